The van der Waals surface area contributed by atoms with Crippen LogP contribution in [0.2, 0.25) is 0 Å². The summed E-state index contributed by atoms with van der Waals surface area (Å²) in [5, 5.41) is 2.85. The van der Waals surface area contributed by atoms with Crippen molar-refractivity contribution in [2.75, 3.05) is 19.8 Å². The maximum Gasteiger partial charge on any atom is 0.242 e. The number of carbonyl (C=O) groups excluding carboxylic acids is 1. The summed E-state index contributed by atoms with van der Waals surface area (Å²) in [6, 6.07) is 0. The van der Waals surface area contributed by atoms with Gasteiger partial charge in [-0.3, -0.25) is 4.79 Å². The Bertz CT molecular complexity index is 198. The van der Waals surface area contributed by atoms with E-state index in [2.05, 4.69) is 19.2 Å². The van der Waals surface area contributed by atoms with E-state index in [0.717, 1.165) is 6.42 Å². The van der Waals surface area contributed by atoms with Crippen LogP contribution in [0.15, 0.2) is 0 Å². The van der Waals surface area contributed by atoms with Gasteiger partial charge in [-0.05, 0) is 18.8 Å². The standard InChI is InChI=1S/C10H20N2O2/c1-8(2)3-5-12-9(13)10(11)4-6-14-7-10/h8H,3-7,11H2,1-2H3,(H,12,13). The van der Waals surface area contributed by atoms with E-state index in [4.69, 9.17) is 10.5 Å². The number of nitrogens with one attached hydrogen (secondary N) is 1. The van der Waals surface area contributed by atoms with E-state index in [1.54, 1.807) is 0 Å². The number of nitrogens with two attached hydrogens (primary N) is 1. The van der Waals surface area contributed by atoms with Crippen molar-refractivity contribution in [3.05, 3.63) is 0 Å². The van der Waals surface area contributed by atoms with Crippen LogP contribution in [0, 0.1) is 5.92 Å². The molecular formula is C10H20N2O2. The number of rotatable bonds is 4. The molecule has 0 aromatic carbocycles. The molecule has 0 radical (unpaired) electrons. The SMILES string of the molecule is CC(C)CCNC(=O)C1(N)CCOC1. The molecule has 1 amide bonds. The van der Waals surface area contributed by atoms with Gasteiger partial charge in [0, 0.05) is 13.2 Å². The highest BCUT2D eigenvalue weighted by molar-refractivity contribution is 5.86. The predicted octanol–water partition coefficient (Wildman–Crippen LogP) is 0.267. The number of hydrogen-bond acceptors (Lipinski definition) is 3. The fraction of sp³-hybridized carbons (Fsp3) is 0.900. The molecule has 1 atom stereocenters. The summed E-state index contributed by atoms with van der Waals surface area (Å²) >= 11 is 0. The molecule has 0 aliphatic carbocycles. The molecule has 1 unspecified atom stereocenters. The predicted molar refractivity (Wildman–Crippen MR) is 54.8 cm³/mol. The maximum atomic E-state index is 11.6. The molecule has 4 nitrogen and oxygen atoms in total. The molecule has 1 aliphatic rings. The number of amides is 1. The van der Waals surface area contributed by atoms with Crippen molar-refractivity contribution in [3.8, 4) is 0 Å². The first kappa shape index (κ1) is 11.5. The third-order valence-corrected chi connectivity index (χ3v) is 2.51. The molecule has 1 fully saturated rings. The Morgan fingerprint density at radius 2 is 2.36 bits per heavy atom. The minimum atomic E-state index is -0.781. The second-order valence-corrected chi connectivity index (χ2v) is 4.40. The van der Waals surface area contributed by atoms with Crippen molar-refractivity contribution >= 4 is 5.91 Å². The van der Waals surface area contributed by atoms with Gasteiger partial charge in [-0.15, -0.1) is 0 Å². The summed E-state index contributed by atoms with van der Waals surface area (Å²) in [6.45, 7) is 5.90. The monoisotopic (exact) mass is 200 g/mol. The topological polar surface area (TPSA) is 64.4 Å². The van der Waals surface area contributed by atoms with E-state index in [0.29, 0.717) is 32.1 Å². The molecular weight excluding hydrogens is 180 g/mol. The van der Waals surface area contributed by atoms with Crippen LogP contribution in [0.1, 0.15) is 26.7 Å². The van der Waals surface area contributed by atoms with E-state index in [1.807, 2.05) is 0 Å². The molecule has 1 rings (SSSR count). The van der Waals surface area contributed by atoms with Crippen LogP contribution in [0.4, 0.5) is 0 Å². The highest BCUT2D eigenvalue weighted by Gasteiger charge is 2.37. The molecule has 0 spiro atoms. The second kappa shape index (κ2) is 4.75. The lowest BCUT2D eigenvalue weighted by Gasteiger charge is -2.20. The molecule has 1 aliphatic heterocycles. The van der Waals surface area contributed by atoms with Crippen molar-refractivity contribution in [2.24, 2.45) is 11.7 Å². The molecule has 1 heterocycles. The molecule has 82 valence electrons. The average Bonchev–Trinajstić information content (AvgIpc) is 2.52. The highest BCUT2D eigenvalue weighted by atomic mass is 16.5. The smallest absolute Gasteiger partial charge is 0.242 e. The largest absolute Gasteiger partial charge is 0.379 e. The van der Waals surface area contributed by atoms with Gasteiger partial charge < -0.3 is 15.8 Å². The molecule has 0 aromatic heterocycles. The summed E-state index contributed by atoms with van der Waals surface area (Å²) in [4.78, 5) is 11.6. The minimum absolute atomic E-state index is 0.0735. The first-order valence-corrected chi connectivity index (χ1v) is 5.19. The Morgan fingerprint density at radius 3 is 2.86 bits per heavy atom. The van der Waals surface area contributed by atoms with E-state index in [-0.39, 0.29) is 5.91 Å². The quantitative estimate of drug-likeness (QED) is 0.684. The van der Waals surface area contributed by atoms with Crippen molar-refractivity contribution < 1.29 is 9.53 Å². The Labute approximate surface area is 85.2 Å². The summed E-state index contributed by atoms with van der Waals surface area (Å²) in [5.41, 5.74) is 5.10. The summed E-state index contributed by atoms with van der Waals surface area (Å²) in [5.74, 6) is 0.527. The summed E-state index contributed by atoms with van der Waals surface area (Å²) < 4.78 is 5.12. The molecule has 4 heteroatoms. The van der Waals surface area contributed by atoms with Gasteiger partial charge in [0.05, 0.1) is 6.61 Å². The van der Waals surface area contributed by atoms with Crippen molar-refractivity contribution in [3.63, 3.8) is 0 Å². The number of hydrogen-bond donors (Lipinski definition) is 2. The van der Waals surface area contributed by atoms with Crippen LogP contribution >= 0.6 is 0 Å². The average molecular weight is 200 g/mol. The third kappa shape index (κ3) is 2.96. The Balaban J connectivity index is 2.27. The Hall–Kier alpha value is -0.610. The Kier molecular flexibility index (Phi) is 3.89. The molecule has 14 heavy (non-hydrogen) atoms. The third-order valence-electron chi connectivity index (χ3n) is 2.51. The van der Waals surface area contributed by atoms with Crippen molar-refractivity contribution in [1.29, 1.82) is 0 Å². The first-order chi connectivity index (χ1) is 6.54. The molecule has 1 saturated heterocycles. The molecule has 3 N–H and O–H groups in total. The zero-order chi connectivity index (χ0) is 10.6. The van der Waals surface area contributed by atoms with Crippen LogP contribution < -0.4 is 11.1 Å². The van der Waals surface area contributed by atoms with Gasteiger partial charge in [0.2, 0.25) is 5.91 Å². The minimum Gasteiger partial charge on any atom is -0.379 e. The lowest BCUT2D eigenvalue weighted by Crippen LogP contribution is -2.54. The van der Waals surface area contributed by atoms with Crippen molar-refractivity contribution in [1.82, 2.24) is 5.32 Å². The molecule has 0 saturated carbocycles. The Morgan fingerprint density at radius 1 is 1.64 bits per heavy atom. The zero-order valence-corrected chi connectivity index (χ0v) is 9.01. The first-order valence-electron chi connectivity index (χ1n) is 5.19. The van der Waals surface area contributed by atoms with E-state index < -0.39 is 5.54 Å². The van der Waals surface area contributed by atoms with Crippen LogP contribution in [0.5, 0.6) is 0 Å². The van der Waals surface area contributed by atoms with E-state index in [1.165, 1.54) is 0 Å². The van der Waals surface area contributed by atoms with Gasteiger partial charge in [-0.1, -0.05) is 13.8 Å². The number of carbonyl (C=O) groups is 1. The van der Waals surface area contributed by atoms with E-state index >= 15 is 0 Å². The van der Waals surface area contributed by atoms with Gasteiger partial charge in [0.1, 0.15) is 5.54 Å². The van der Waals surface area contributed by atoms with Gasteiger partial charge >= 0.3 is 0 Å². The van der Waals surface area contributed by atoms with Crippen LogP contribution in [0.3, 0.4) is 0 Å². The summed E-state index contributed by atoms with van der Waals surface area (Å²) in [6.07, 6.45) is 1.61. The lowest BCUT2D eigenvalue weighted by atomic mass is 9.99. The van der Waals surface area contributed by atoms with Crippen LogP contribution in [-0.2, 0) is 9.53 Å². The lowest BCUT2D eigenvalue weighted by molar-refractivity contribution is -0.126. The van der Waals surface area contributed by atoms with Crippen molar-refractivity contribution in [2.45, 2.75) is 32.2 Å². The van der Waals surface area contributed by atoms with Gasteiger partial charge in [0.25, 0.3) is 0 Å². The summed E-state index contributed by atoms with van der Waals surface area (Å²) in [7, 11) is 0. The van der Waals surface area contributed by atoms with Gasteiger partial charge in [0.15, 0.2) is 0 Å². The maximum absolute atomic E-state index is 11.6. The fourth-order valence-electron chi connectivity index (χ4n) is 1.41. The molecule has 0 bridgehead atoms. The fourth-order valence-corrected chi connectivity index (χ4v) is 1.41. The normalized spacial score (nSPS) is 26.9. The highest BCUT2D eigenvalue weighted by Crippen LogP contribution is 2.15. The van der Waals surface area contributed by atoms with Gasteiger partial charge in [-0.25, -0.2) is 0 Å². The second-order valence-electron chi connectivity index (χ2n) is 4.40. The number of ether oxygens (including phenoxy) is 1. The van der Waals surface area contributed by atoms with E-state index in [9.17, 15) is 4.79 Å². The van der Waals surface area contributed by atoms with Crippen LogP contribution in [-0.4, -0.2) is 31.2 Å². The molecule has 0 aromatic rings. The van der Waals surface area contributed by atoms with Crippen LogP contribution in [0.25, 0.3) is 0 Å². The van der Waals surface area contributed by atoms with Gasteiger partial charge in [-0.2, -0.15) is 0 Å². The zero-order valence-electron chi connectivity index (χ0n) is 9.01.